The first-order valence-corrected chi connectivity index (χ1v) is 5.50. The molecule has 2 aromatic carbocycles. The minimum absolute atomic E-state index is 0.337. The summed E-state index contributed by atoms with van der Waals surface area (Å²) in [6, 6.07) is 11.4. The predicted molar refractivity (Wildman–Crippen MR) is 69.9 cm³/mol. The van der Waals surface area contributed by atoms with Crippen LogP contribution in [-0.4, -0.2) is 13.0 Å². The molecule has 0 atom stereocenters. The Morgan fingerprint density at radius 3 is 2.39 bits per heavy atom. The lowest BCUT2D eigenvalue weighted by Gasteiger charge is -2.13. The molecule has 0 fully saturated rings. The summed E-state index contributed by atoms with van der Waals surface area (Å²) in [5.41, 5.74) is 7.24. The van der Waals surface area contributed by atoms with E-state index in [1.165, 1.54) is 6.07 Å². The van der Waals surface area contributed by atoms with Gasteiger partial charge in [0.05, 0.1) is 11.3 Å². The minimum atomic E-state index is -0.544. The summed E-state index contributed by atoms with van der Waals surface area (Å²) in [7, 11) is 1.67. The summed E-state index contributed by atoms with van der Waals surface area (Å²) < 4.78 is 13.8. The summed E-state index contributed by atoms with van der Waals surface area (Å²) in [6.45, 7) is 0. The average molecular weight is 244 g/mol. The molecule has 0 saturated heterocycles. The van der Waals surface area contributed by atoms with Gasteiger partial charge in [-0.05, 0) is 12.1 Å². The smallest absolute Gasteiger partial charge is 0.250 e. The van der Waals surface area contributed by atoms with Crippen molar-refractivity contribution in [1.29, 1.82) is 0 Å². The maximum Gasteiger partial charge on any atom is 0.250 e. The summed E-state index contributed by atoms with van der Waals surface area (Å²) in [5, 5.41) is 2.90. The monoisotopic (exact) mass is 244 g/mol. The van der Waals surface area contributed by atoms with Gasteiger partial charge in [0.15, 0.2) is 0 Å². The van der Waals surface area contributed by atoms with Gasteiger partial charge in [-0.15, -0.1) is 0 Å². The van der Waals surface area contributed by atoms with E-state index in [1.807, 2.05) is 0 Å². The number of carbonyl (C=O) groups excluding carboxylic acids is 1. The van der Waals surface area contributed by atoms with E-state index in [2.05, 4.69) is 5.32 Å². The predicted octanol–water partition coefficient (Wildman–Crippen LogP) is 2.63. The maximum atomic E-state index is 13.8. The Kier molecular flexibility index (Phi) is 3.28. The molecule has 2 rings (SSSR count). The lowest BCUT2D eigenvalue weighted by Crippen LogP contribution is -2.14. The normalized spacial score (nSPS) is 10.1. The van der Waals surface area contributed by atoms with Crippen molar-refractivity contribution < 1.29 is 9.18 Å². The van der Waals surface area contributed by atoms with Crippen molar-refractivity contribution >= 4 is 11.6 Å². The van der Waals surface area contributed by atoms with Crippen LogP contribution in [0.2, 0.25) is 0 Å². The van der Waals surface area contributed by atoms with Crippen LogP contribution in [0.25, 0.3) is 11.1 Å². The standard InChI is InChI=1S/C14H13FN2O/c1-17-13-10(6-4-7-11(13)14(16)18)9-5-2-3-8-12(9)15/h2-8,17H,1H3,(H2,16,18). The maximum absolute atomic E-state index is 13.8. The van der Waals surface area contributed by atoms with Gasteiger partial charge in [0.2, 0.25) is 0 Å². The van der Waals surface area contributed by atoms with Crippen LogP contribution in [0, 0.1) is 5.82 Å². The Morgan fingerprint density at radius 1 is 1.11 bits per heavy atom. The molecule has 18 heavy (non-hydrogen) atoms. The Balaban J connectivity index is 2.69. The minimum Gasteiger partial charge on any atom is -0.387 e. The van der Waals surface area contributed by atoms with Crippen molar-refractivity contribution in [3.05, 3.63) is 53.8 Å². The number of amides is 1. The van der Waals surface area contributed by atoms with Crippen molar-refractivity contribution in [2.45, 2.75) is 0 Å². The lowest BCUT2D eigenvalue weighted by molar-refractivity contribution is 0.100. The van der Waals surface area contributed by atoms with Crippen LogP contribution in [-0.2, 0) is 0 Å². The molecule has 2 aromatic rings. The molecule has 0 bridgehead atoms. The molecule has 0 aliphatic heterocycles. The first-order valence-electron chi connectivity index (χ1n) is 5.50. The summed E-state index contributed by atoms with van der Waals surface area (Å²) in [6.07, 6.45) is 0. The fraction of sp³-hybridized carbons (Fsp3) is 0.0714. The molecule has 0 radical (unpaired) electrons. The van der Waals surface area contributed by atoms with E-state index in [1.54, 1.807) is 43.4 Å². The number of rotatable bonds is 3. The molecule has 92 valence electrons. The number of primary amides is 1. The molecule has 3 N–H and O–H groups in total. The SMILES string of the molecule is CNc1c(C(N)=O)cccc1-c1ccccc1F. The third kappa shape index (κ3) is 2.05. The quantitative estimate of drug-likeness (QED) is 0.872. The van der Waals surface area contributed by atoms with Crippen molar-refractivity contribution in [2.75, 3.05) is 12.4 Å². The second-order valence-corrected chi connectivity index (χ2v) is 3.82. The van der Waals surface area contributed by atoms with E-state index >= 15 is 0 Å². The van der Waals surface area contributed by atoms with Crippen LogP contribution >= 0.6 is 0 Å². The number of benzene rings is 2. The highest BCUT2D eigenvalue weighted by atomic mass is 19.1. The summed E-state index contributed by atoms with van der Waals surface area (Å²) in [4.78, 5) is 11.3. The highest BCUT2D eigenvalue weighted by molar-refractivity contribution is 6.02. The van der Waals surface area contributed by atoms with E-state index in [-0.39, 0.29) is 5.82 Å². The zero-order chi connectivity index (χ0) is 13.1. The fourth-order valence-electron chi connectivity index (χ4n) is 1.93. The van der Waals surface area contributed by atoms with Gasteiger partial charge in [-0.1, -0.05) is 30.3 Å². The van der Waals surface area contributed by atoms with E-state index < -0.39 is 5.91 Å². The van der Waals surface area contributed by atoms with Gasteiger partial charge in [-0.2, -0.15) is 0 Å². The Morgan fingerprint density at radius 2 is 1.78 bits per heavy atom. The molecule has 0 spiro atoms. The number of hydrogen-bond donors (Lipinski definition) is 2. The number of halogens is 1. The van der Waals surface area contributed by atoms with Crippen LogP contribution in [0.5, 0.6) is 0 Å². The lowest BCUT2D eigenvalue weighted by atomic mass is 9.99. The average Bonchev–Trinajstić information content (AvgIpc) is 2.38. The highest BCUT2D eigenvalue weighted by Gasteiger charge is 2.14. The van der Waals surface area contributed by atoms with Crippen LogP contribution in [0.3, 0.4) is 0 Å². The first-order chi connectivity index (χ1) is 8.65. The van der Waals surface area contributed by atoms with E-state index in [4.69, 9.17) is 5.73 Å². The Bertz CT molecular complexity index is 596. The van der Waals surface area contributed by atoms with E-state index in [0.717, 1.165) is 0 Å². The largest absolute Gasteiger partial charge is 0.387 e. The molecule has 0 heterocycles. The summed E-state index contributed by atoms with van der Waals surface area (Å²) >= 11 is 0. The highest BCUT2D eigenvalue weighted by Crippen LogP contribution is 2.32. The van der Waals surface area contributed by atoms with Gasteiger partial charge >= 0.3 is 0 Å². The number of carbonyl (C=O) groups is 1. The van der Waals surface area contributed by atoms with E-state index in [0.29, 0.717) is 22.4 Å². The number of nitrogens with one attached hydrogen (secondary N) is 1. The van der Waals surface area contributed by atoms with Crippen LogP contribution in [0.1, 0.15) is 10.4 Å². The first kappa shape index (κ1) is 12.1. The van der Waals surface area contributed by atoms with Gasteiger partial charge < -0.3 is 11.1 Å². The molecule has 0 aliphatic rings. The van der Waals surface area contributed by atoms with Gasteiger partial charge in [0.1, 0.15) is 5.82 Å². The summed E-state index contributed by atoms with van der Waals surface area (Å²) in [5.74, 6) is -0.881. The molecular formula is C14H13FN2O. The van der Waals surface area contributed by atoms with Crippen molar-refractivity contribution in [3.8, 4) is 11.1 Å². The zero-order valence-corrected chi connectivity index (χ0v) is 9.91. The second-order valence-electron chi connectivity index (χ2n) is 3.82. The van der Waals surface area contributed by atoms with Gasteiger partial charge in [-0.25, -0.2) is 4.39 Å². The number of para-hydroxylation sites is 1. The number of nitrogens with two attached hydrogens (primary N) is 1. The number of anilines is 1. The van der Waals surface area contributed by atoms with Crippen LogP contribution in [0.15, 0.2) is 42.5 Å². The molecule has 3 nitrogen and oxygen atoms in total. The third-order valence-electron chi connectivity index (χ3n) is 2.74. The Hall–Kier alpha value is -2.36. The number of hydrogen-bond acceptors (Lipinski definition) is 2. The molecule has 4 heteroatoms. The van der Waals surface area contributed by atoms with Gasteiger partial charge in [0.25, 0.3) is 5.91 Å². The van der Waals surface area contributed by atoms with Crippen molar-refractivity contribution in [2.24, 2.45) is 5.73 Å². The van der Waals surface area contributed by atoms with Crippen LogP contribution in [0.4, 0.5) is 10.1 Å². The molecular weight excluding hydrogens is 231 g/mol. The van der Waals surface area contributed by atoms with Crippen LogP contribution < -0.4 is 11.1 Å². The molecule has 0 aromatic heterocycles. The van der Waals surface area contributed by atoms with Crippen molar-refractivity contribution in [3.63, 3.8) is 0 Å². The fourth-order valence-corrected chi connectivity index (χ4v) is 1.93. The van der Waals surface area contributed by atoms with E-state index in [9.17, 15) is 9.18 Å². The van der Waals surface area contributed by atoms with Crippen molar-refractivity contribution in [1.82, 2.24) is 0 Å². The van der Waals surface area contributed by atoms with Gasteiger partial charge in [-0.3, -0.25) is 4.79 Å². The third-order valence-corrected chi connectivity index (χ3v) is 2.74. The molecule has 1 amide bonds. The topological polar surface area (TPSA) is 55.1 Å². The molecule has 0 saturated carbocycles. The second kappa shape index (κ2) is 4.87. The Labute approximate surface area is 104 Å². The molecule has 0 aliphatic carbocycles. The zero-order valence-electron chi connectivity index (χ0n) is 9.91. The molecule has 0 unspecified atom stereocenters. The van der Waals surface area contributed by atoms with Gasteiger partial charge in [0, 0.05) is 18.2 Å².